The molecule has 6 heteroatoms. The van der Waals surface area contributed by atoms with E-state index in [2.05, 4.69) is 47.2 Å². The van der Waals surface area contributed by atoms with E-state index in [1.54, 1.807) is 12.1 Å². The van der Waals surface area contributed by atoms with E-state index in [1.807, 2.05) is 19.1 Å². The molecule has 1 heterocycles. The first kappa shape index (κ1) is 24.3. The van der Waals surface area contributed by atoms with Crippen LogP contribution in [-0.4, -0.2) is 60.5 Å². The Morgan fingerprint density at radius 1 is 0.971 bits per heavy atom. The van der Waals surface area contributed by atoms with Crippen LogP contribution in [0, 0.1) is 13.8 Å². The molecule has 1 aliphatic carbocycles. The van der Waals surface area contributed by atoms with E-state index in [4.69, 9.17) is 9.73 Å². The van der Waals surface area contributed by atoms with Gasteiger partial charge in [-0.15, -0.1) is 0 Å². The van der Waals surface area contributed by atoms with Crippen molar-refractivity contribution in [1.29, 1.82) is 0 Å². The molecule has 1 aliphatic heterocycles. The molecule has 1 amide bonds. The summed E-state index contributed by atoms with van der Waals surface area (Å²) < 4.78 is 5.51. The lowest BCUT2D eigenvalue weighted by Gasteiger charge is -2.41. The summed E-state index contributed by atoms with van der Waals surface area (Å²) in [6.07, 6.45) is 6.71. The van der Waals surface area contributed by atoms with Gasteiger partial charge in [0.15, 0.2) is 0 Å². The number of ether oxygens (including phenoxy) is 1. The van der Waals surface area contributed by atoms with Crippen LogP contribution in [0.1, 0.15) is 60.5 Å². The zero-order valence-electron chi connectivity index (χ0n) is 20.8. The summed E-state index contributed by atoms with van der Waals surface area (Å²) in [4.78, 5) is 22.9. The molecule has 2 aliphatic rings. The van der Waals surface area contributed by atoms with Gasteiger partial charge in [0.05, 0.1) is 12.3 Å². The fourth-order valence-corrected chi connectivity index (χ4v) is 5.10. The van der Waals surface area contributed by atoms with Gasteiger partial charge in [0.1, 0.15) is 5.75 Å². The highest BCUT2D eigenvalue weighted by molar-refractivity contribution is 6.06. The lowest BCUT2D eigenvalue weighted by atomic mass is 9.94. The van der Waals surface area contributed by atoms with Crippen molar-refractivity contribution in [3.05, 3.63) is 59.2 Å². The minimum Gasteiger partial charge on any atom is -0.494 e. The maximum Gasteiger partial charge on any atom is 0.257 e. The molecule has 2 aromatic carbocycles. The van der Waals surface area contributed by atoms with Gasteiger partial charge >= 0.3 is 0 Å². The molecule has 0 spiro atoms. The lowest BCUT2D eigenvalue weighted by Crippen LogP contribution is -2.55. The van der Waals surface area contributed by atoms with Gasteiger partial charge in [0.25, 0.3) is 5.91 Å². The monoisotopic (exact) mass is 462 g/mol. The molecule has 34 heavy (non-hydrogen) atoms. The molecule has 6 nitrogen and oxygen atoms in total. The number of rotatable bonds is 5. The molecule has 0 unspecified atom stereocenters. The highest BCUT2D eigenvalue weighted by Crippen LogP contribution is 2.24. The summed E-state index contributed by atoms with van der Waals surface area (Å²) in [7, 11) is 0. The summed E-state index contributed by atoms with van der Waals surface area (Å²) in [6.45, 7) is 10.5. The third kappa shape index (κ3) is 6.38. The molecule has 2 fully saturated rings. The predicted molar refractivity (Wildman–Crippen MR) is 138 cm³/mol. The molecule has 0 bridgehead atoms. The Hall–Kier alpha value is -2.86. The number of aryl methyl sites for hydroxylation is 2. The van der Waals surface area contributed by atoms with Crippen molar-refractivity contribution in [3.63, 3.8) is 0 Å². The minimum absolute atomic E-state index is 0.152. The van der Waals surface area contributed by atoms with Crippen molar-refractivity contribution in [1.82, 2.24) is 15.1 Å². The Balaban J connectivity index is 1.51. The molecule has 182 valence electrons. The van der Waals surface area contributed by atoms with E-state index in [9.17, 15) is 4.79 Å². The standard InChI is InChI=1S/C28H38N4O2/c1-4-34-26-12-10-23(11-13-26)27(33)30-28(29-24-19-21(2)18-22(3)20-24)32-16-14-31(15-17-32)25-8-6-5-7-9-25/h10-13,18-20,25H,4-9,14-17H2,1-3H3,(H,29,30,33). The maximum absolute atomic E-state index is 13.1. The highest BCUT2D eigenvalue weighted by atomic mass is 16.5. The predicted octanol–water partition coefficient (Wildman–Crippen LogP) is 5.07. The van der Waals surface area contributed by atoms with Gasteiger partial charge in [-0.25, -0.2) is 4.99 Å². The number of aliphatic imine (C=N–C) groups is 1. The van der Waals surface area contributed by atoms with E-state index in [0.29, 0.717) is 24.2 Å². The van der Waals surface area contributed by atoms with Crippen LogP contribution in [0.3, 0.4) is 0 Å². The number of carbonyl (C=O) groups excluding carboxylic acids is 1. The number of hydrogen-bond acceptors (Lipinski definition) is 4. The Labute approximate surface area is 204 Å². The second-order valence-electron chi connectivity index (χ2n) is 9.51. The number of carbonyl (C=O) groups is 1. The summed E-state index contributed by atoms with van der Waals surface area (Å²) in [5.41, 5.74) is 3.79. The SMILES string of the molecule is CCOc1ccc(C(=O)NC(=Nc2cc(C)cc(C)c2)N2CCN(C3CCCCC3)CC2)cc1. The Kier molecular flexibility index (Phi) is 8.22. The van der Waals surface area contributed by atoms with Crippen LogP contribution in [0.5, 0.6) is 5.75 Å². The quantitative estimate of drug-likeness (QED) is 0.498. The Bertz CT molecular complexity index is 968. The average molecular weight is 463 g/mol. The number of piperazine rings is 1. The fraction of sp³-hybridized carbons (Fsp3) is 0.500. The number of hydrogen-bond donors (Lipinski definition) is 1. The lowest BCUT2D eigenvalue weighted by molar-refractivity contribution is 0.0943. The molecule has 1 saturated carbocycles. The molecule has 0 radical (unpaired) electrons. The van der Waals surface area contributed by atoms with Crippen LogP contribution in [0.15, 0.2) is 47.5 Å². The third-order valence-corrected chi connectivity index (χ3v) is 6.80. The van der Waals surface area contributed by atoms with E-state index >= 15 is 0 Å². The minimum atomic E-state index is -0.152. The van der Waals surface area contributed by atoms with Crippen molar-refractivity contribution < 1.29 is 9.53 Å². The van der Waals surface area contributed by atoms with Gasteiger partial charge in [0.2, 0.25) is 5.96 Å². The number of benzene rings is 2. The van der Waals surface area contributed by atoms with Crippen LogP contribution in [-0.2, 0) is 0 Å². The van der Waals surface area contributed by atoms with Gasteiger partial charge in [-0.3, -0.25) is 15.0 Å². The maximum atomic E-state index is 13.1. The molecule has 0 aromatic heterocycles. The van der Waals surface area contributed by atoms with Crippen LogP contribution in [0.4, 0.5) is 5.69 Å². The molecule has 4 rings (SSSR count). The van der Waals surface area contributed by atoms with Crippen molar-refractivity contribution in [2.24, 2.45) is 4.99 Å². The fourth-order valence-electron chi connectivity index (χ4n) is 5.10. The zero-order valence-corrected chi connectivity index (χ0v) is 20.8. The molecule has 1 saturated heterocycles. The molecule has 2 aromatic rings. The van der Waals surface area contributed by atoms with Gasteiger partial charge in [-0.2, -0.15) is 0 Å². The molecular weight excluding hydrogens is 424 g/mol. The Morgan fingerprint density at radius 2 is 1.62 bits per heavy atom. The van der Waals surface area contributed by atoms with E-state index in [1.165, 1.54) is 32.1 Å². The summed E-state index contributed by atoms with van der Waals surface area (Å²) in [6, 6.07) is 14.3. The van der Waals surface area contributed by atoms with Crippen molar-refractivity contribution >= 4 is 17.6 Å². The van der Waals surface area contributed by atoms with Gasteiger partial charge in [-0.05, 0) is 81.1 Å². The average Bonchev–Trinajstić information content (AvgIpc) is 2.84. The first-order valence-electron chi connectivity index (χ1n) is 12.7. The van der Waals surface area contributed by atoms with Crippen LogP contribution in [0.25, 0.3) is 0 Å². The van der Waals surface area contributed by atoms with E-state index in [0.717, 1.165) is 48.7 Å². The normalized spacial score (nSPS) is 18.1. The highest BCUT2D eigenvalue weighted by Gasteiger charge is 2.27. The van der Waals surface area contributed by atoms with E-state index < -0.39 is 0 Å². The molecular formula is C28H38N4O2. The zero-order chi connectivity index (χ0) is 23.9. The first-order chi connectivity index (χ1) is 16.5. The second kappa shape index (κ2) is 11.5. The van der Waals surface area contributed by atoms with E-state index in [-0.39, 0.29) is 5.91 Å². The summed E-state index contributed by atoms with van der Waals surface area (Å²) >= 11 is 0. The summed E-state index contributed by atoms with van der Waals surface area (Å²) in [5, 5.41) is 3.11. The van der Waals surface area contributed by atoms with Crippen LogP contribution in [0.2, 0.25) is 0 Å². The van der Waals surface area contributed by atoms with Crippen LogP contribution >= 0.6 is 0 Å². The summed E-state index contributed by atoms with van der Waals surface area (Å²) in [5.74, 6) is 1.25. The third-order valence-electron chi connectivity index (χ3n) is 6.80. The van der Waals surface area contributed by atoms with Crippen molar-refractivity contribution in [3.8, 4) is 5.75 Å². The molecule has 0 atom stereocenters. The second-order valence-corrected chi connectivity index (χ2v) is 9.51. The van der Waals surface area contributed by atoms with Crippen LogP contribution < -0.4 is 10.1 Å². The largest absolute Gasteiger partial charge is 0.494 e. The molecule has 1 N–H and O–H groups in total. The van der Waals surface area contributed by atoms with Gasteiger partial charge < -0.3 is 9.64 Å². The topological polar surface area (TPSA) is 57.2 Å². The smallest absolute Gasteiger partial charge is 0.257 e. The van der Waals surface area contributed by atoms with Gasteiger partial charge in [0, 0.05) is 37.8 Å². The number of amides is 1. The Morgan fingerprint density at radius 3 is 2.24 bits per heavy atom. The van der Waals surface area contributed by atoms with Crippen molar-refractivity contribution in [2.75, 3.05) is 32.8 Å². The number of guanidine groups is 1. The first-order valence-corrected chi connectivity index (χ1v) is 12.7. The van der Waals surface area contributed by atoms with Crippen molar-refractivity contribution in [2.45, 2.75) is 58.9 Å². The van der Waals surface area contributed by atoms with Gasteiger partial charge in [-0.1, -0.05) is 25.3 Å². The number of nitrogens with one attached hydrogen (secondary N) is 1. The number of nitrogens with zero attached hydrogens (tertiary/aromatic N) is 3.